The van der Waals surface area contributed by atoms with Crippen LogP contribution in [0, 0.1) is 5.92 Å². The molecule has 0 radical (unpaired) electrons. The maximum absolute atomic E-state index is 13.3. The van der Waals surface area contributed by atoms with E-state index in [4.69, 9.17) is 9.47 Å². The molecule has 2 heterocycles. The van der Waals surface area contributed by atoms with Gasteiger partial charge in [-0.25, -0.2) is 0 Å². The van der Waals surface area contributed by atoms with Gasteiger partial charge in [0, 0.05) is 25.2 Å². The molecule has 1 aromatic carbocycles. The summed E-state index contributed by atoms with van der Waals surface area (Å²) >= 11 is 0. The van der Waals surface area contributed by atoms with E-state index in [1.807, 2.05) is 27.9 Å². The molecule has 2 aliphatic rings. The Morgan fingerprint density at radius 2 is 2.00 bits per heavy atom. The van der Waals surface area contributed by atoms with E-state index in [1.165, 1.54) is 0 Å². The van der Waals surface area contributed by atoms with E-state index in [-0.39, 0.29) is 48.5 Å². The minimum absolute atomic E-state index is 0.0141. The lowest BCUT2D eigenvalue weighted by molar-refractivity contribution is -0.134. The van der Waals surface area contributed by atoms with Crippen molar-refractivity contribution in [2.75, 3.05) is 46.2 Å². The number of carbonyl (C=O) groups excluding carboxylic acids is 3. The monoisotopic (exact) mass is 474 g/mol. The summed E-state index contributed by atoms with van der Waals surface area (Å²) in [6.07, 6.45) is 2.11. The molecule has 3 atom stereocenters. The minimum Gasteiger partial charge on any atom is -0.490 e. The van der Waals surface area contributed by atoms with Crippen LogP contribution in [-0.4, -0.2) is 86.6 Å². The summed E-state index contributed by atoms with van der Waals surface area (Å²) in [5.41, 5.74) is 0.984. The van der Waals surface area contributed by atoms with E-state index < -0.39 is 0 Å². The van der Waals surface area contributed by atoms with Crippen molar-refractivity contribution in [2.24, 2.45) is 5.92 Å². The Balaban J connectivity index is 1.62. The molecule has 3 amide bonds. The van der Waals surface area contributed by atoms with E-state index >= 15 is 0 Å². The zero-order chi connectivity index (χ0) is 24.8. The first-order chi connectivity index (χ1) is 16.2. The lowest BCUT2D eigenvalue weighted by atomic mass is 9.94. The highest BCUT2D eigenvalue weighted by molar-refractivity contribution is 6.00. The van der Waals surface area contributed by atoms with Crippen LogP contribution in [0.1, 0.15) is 49.9 Å². The number of anilines is 1. The highest BCUT2D eigenvalue weighted by atomic mass is 16.5. The molecular weight excluding hydrogens is 436 g/mol. The highest BCUT2D eigenvalue weighted by Crippen LogP contribution is 2.32. The number of hydrogen-bond acceptors (Lipinski definition) is 6. The first-order valence-electron chi connectivity index (χ1n) is 12.1. The van der Waals surface area contributed by atoms with Crippen molar-refractivity contribution in [3.63, 3.8) is 0 Å². The predicted octanol–water partition coefficient (Wildman–Crippen LogP) is 2.12. The standard InChI is InChI=1S/C25H38N4O5/c1-16(2)24(31)27-17-7-10-21-19(13-17)25(32)29(5)20-9-8-18(34-22(20)15-33-21)14-23(30)26-11-6-12-28(3)4/h7,10,13,16,18,20,22H,6,8-9,11-12,14-15H2,1-5H3,(H,26,30)(H,27,31)/t18-,20+,22-/m1/s1. The van der Waals surface area contributed by atoms with Gasteiger partial charge in [-0.2, -0.15) is 0 Å². The molecule has 1 fully saturated rings. The van der Waals surface area contributed by atoms with E-state index in [0.29, 0.717) is 36.4 Å². The summed E-state index contributed by atoms with van der Waals surface area (Å²) in [6, 6.07) is 4.96. The highest BCUT2D eigenvalue weighted by Gasteiger charge is 2.39. The fourth-order valence-corrected chi connectivity index (χ4v) is 4.29. The predicted molar refractivity (Wildman–Crippen MR) is 130 cm³/mol. The Morgan fingerprint density at radius 1 is 1.24 bits per heavy atom. The van der Waals surface area contributed by atoms with Crippen LogP contribution in [0.2, 0.25) is 0 Å². The molecule has 2 aliphatic heterocycles. The van der Waals surface area contributed by atoms with Crippen LogP contribution in [0.15, 0.2) is 18.2 Å². The van der Waals surface area contributed by atoms with Gasteiger partial charge in [0.25, 0.3) is 5.91 Å². The maximum Gasteiger partial charge on any atom is 0.257 e. The van der Waals surface area contributed by atoms with Crippen molar-refractivity contribution in [3.8, 4) is 5.75 Å². The van der Waals surface area contributed by atoms with E-state index in [1.54, 1.807) is 30.1 Å². The summed E-state index contributed by atoms with van der Waals surface area (Å²) in [7, 11) is 5.79. The van der Waals surface area contributed by atoms with Crippen molar-refractivity contribution in [1.82, 2.24) is 15.1 Å². The molecule has 0 aliphatic carbocycles. The van der Waals surface area contributed by atoms with Gasteiger partial charge in [-0.3, -0.25) is 14.4 Å². The molecule has 0 saturated carbocycles. The molecule has 1 aromatic rings. The fraction of sp³-hybridized carbons (Fsp3) is 0.640. The second-order valence-electron chi connectivity index (χ2n) is 9.73. The molecular formula is C25H38N4O5. The topological polar surface area (TPSA) is 100 Å². The molecule has 9 nitrogen and oxygen atoms in total. The summed E-state index contributed by atoms with van der Waals surface area (Å²) in [4.78, 5) is 41.5. The van der Waals surface area contributed by atoms with Gasteiger partial charge >= 0.3 is 0 Å². The van der Waals surface area contributed by atoms with Crippen LogP contribution in [0.4, 0.5) is 5.69 Å². The molecule has 2 N–H and O–H groups in total. The number of likely N-dealkylation sites (N-methyl/N-ethyl adjacent to an activating group) is 1. The quantitative estimate of drug-likeness (QED) is 0.560. The average molecular weight is 475 g/mol. The van der Waals surface area contributed by atoms with Gasteiger partial charge in [0.1, 0.15) is 18.5 Å². The van der Waals surface area contributed by atoms with Gasteiger partial charge in [-0.05, 0) is 58.1 Å². The van der Waals surface area contributed by atoms with E-state index in [0.717, 1.165) is 19.4 Å². The summed E-state index contributed by atoms with van der Waals surface area (Å²) in [5, 5.41) is 5.80. The first-order valence-corrected chi connectivity index (χ1v) is 12.1. The molecule has 1 saturated heterocycles. The van der Waals surface area contributed by atoms with Crippen molar-refractivity contribution >= 4 is 23.4 Å². The third-order valence-electron chi connectivity index (χ3n) is 6.32. The molecule has 0 bridgehead atoms. The Morgan fingerprint density at radius 3 is 2.71 bits per heavy atom. The number of rotatable bonds is 8. The third kappa shape index (κ3) is 6.70. The Labute approximate surface area is 202 Å². The number of ether oxygens (including phenoxy) is 2. The fourth-order valence-electron chi connectivity index (χ4n) is 4.29. The van der Waals surface area contributed by atoms with Crippen molar-refractivity contribution in [1.29, 1.82) is 0 Å². The van der Waals surface area contributed by atoms with Crippen molar-refractivity contribution in [3.05, 3.63) is 23.8 Å². The minimum atomic E-state index is -0.317. The molecule has 9 heteroatoms. The van der Waals surface area contributed by atoms with Gasteiger partial charge in [-0.15, -0.1) is 0 Å². The van der Waals surface area contributed by atoms with Crippen molar-refractivity contribution in [2.45, 2.75) is 57.8 Å². The molecule has 188 valence electrons. The van der Waals surface area contributed by atoms with Crippen LogP contribution in [0.25, 0.3) is 0 Å². The van der Waals surface area contributed by atoms with E-state index in [9.17, 15) is 14.4 Å². The summed E-state index contributed by atoms with van der Waals surface area (Å²) < 4.78 is 12.2. The lowest BCUT2D eigenvalue weighted by Crippen LogP contribution is -2.54. The maximum atomic E-state index is 13.3. The molecule has 34 heavy (non-hydrogen) atoms. The first kappa shape index (κ1) is 26.0. The Hall–Kier alpha value is -2.65. The smallest absolute Gasteiger partial charge is 0.257 e. The Bertz CT molecular complexity index is 888. The molecule has 0 spiro atoms. The van der Waals surface area contributed by atoms with E-state index in [2.05, 4.69) is 15.5 Å². The number of nitrogens with one attached hydrogen (secondary N) is 2. The van der Waals surface area contributed by atoms with Gasteiger partial charge in [0.2, 0.25) is 11.8 Å². The number of carbonyl (C=O) groups is 3. The molecule has 0 aromatic heterocycles. The van der Waals surface area contributed by atoms with Crippen LogP contribution in [0.3, 0.4) is 0 Å². The second kappa shape index (κ2) is 11.7. The zero-order valence-corrected chi connectivity index (χ0v) is 20.9. The van der Waals surface area contributed by atoms with Gasteiger partial charge < -0.3 is 29.9 Å². The zero-order valence-electron chi connectivity index (χ0n) is 20.9. The van der Waals surface area contributed by atoms with Gasteiger partial charge in [0.15, 0.2) is 0 Å². The van der Waals surface area contributed by atoms with Crippen LogP contribution < -0.4 is 15.4 Å². The number of fused-ring (bicyclic) bond motifs is 2. The number of nitrogens with zero attached hydrogens (tertiary/aromatic N) is 2. The lowest BCUT2D eigenvalue weighted by Gasteiger charge is -2.42. The molecule has 0 unspecified atom stereocenters. The SMILES string of the molecule is CC(C)C(=O)Nc1ccc2c(c1)C(=O)N(C)[C@H]1CC[C@H](CC(=O)NCCCN(C)C)O[C@@H]1CO2. The number of amides is 3. The Kier molecular flexibility index (Phi) is 8.90. The van der Waals surface area contributed by atoms with Gasteiger partial charge in [0.05, 0.1) is 24.1 Å². The van der Waals surface area contributed by atoms with Gasteiger partial charge in [-0.1, -0.05) is 13.8 Å². The number of benzene rings is 1. The summed E-state index contributed by atoms with van der Waals surface area (Å²) in [5.74, 6) is -0.00107. The average Bonchev–Trinajstić information content (AvgIpc) is 2.79. The van der Waals surface area contributed by atoms with Crippen LogP contribution in [-0.2, 0) is 14.3 Å². The summed E-state index contributed by atoms with van der Waals surface area (Å²) in [6.45, 7) is 5.49. The normalized spacial score (nSPS) is 22.4. The second-order valence-corrected chi connectivity index (χ2v) is 9.73. The van der Waals surface area contributed by atoms with Crippen molar-refractivity contribution < 1.29 is 23.9 Å². The number of hydrogen-bond donors (Lipinski definition) is 2. The van der Waals surface area contributed by atoms with Crippen LogP contribution in [0.5, 0.6) is 5.75 Å². The third-order valence-corrected chi connectivity index (χ3v) is 6.32. The molecule has 3 rings (SSSR count). The van der Waals surface area contributed by atoms with Crippen LogP contribution >= 0.6 is 0 Å². The largest absolute Gasteiger partial charge is 0.490 e.